The van der Waals surface area contributed by atoms with Gasteiger partial charge >= 0.3 is 12.0 Å². The summed E-state index contributed by atoms with van der Waals surface area (Å²) in [5, 5.41) is 14.6. The van der Waals surface area contributed by atoms with Crippen LogP contribution in [0.15, 0.2) is 18.2 Å². The van der Waals surface area contributed by atoms with Crippen molar-refractivity contribution in [1.29, 1.82) is 0 Å². The summed E-state index contributed by atoms with van der Waals surface area (Å²) in [4.78, 5) is 23.0. The summed E-state index contributed by atoms with van der Waals surface area (Å²) in [5.41, 5.74) is 0.568. The van der Waals surface area contributed by atoms with Gasteiger partial charge in [0.05, 0.1) is 20.1 Å². The number of carbonyl (C=O) groups excluding carboxylic acids is 1. The minimum Gasteiger partial charge on any atom is -0.497 e. The van der Waals surface area contributed by atoms with Crippen molar-refractivity contribution in [3.8, 4) is 11.5 Å². The lowest BCUT2D eigenvalue weighted by Gasteiger charge is -2.26. The zero-order chi connectivity index (χ0) is 16.8. The number of nitrogens with one attached hydrogen (secondary N) is 2. The number of amides is 2. The summed E-state index contributed by atoms with van der Waals surface area (Å²) < 4.78 is 10.3. The molecule has 0 heterocycles. The maximum absolute atomic E-state index is 12.1. The van der Waals surface area contributed by atoms with Crippen LogP contribution in [-0.4, -0.2) is 37.4 Å². The minimum atomic E-state index is -0.753. The second-order valence-electron chi connectivity index (χ2n) is 5.59. The number of methoxy groups -OCH3 is 2. The Morgan fingerprint density at radius 1 is 1.04 bits per heavy atom. The standard InChI is InChI=1S/C16H22N2O5/c1-22-13-7-12(8-14(9-13)23-2)18-16(21)17-11-5-3-10(4-6-11)15(19)20/h7-11H,3-6H2,1-2H3,(H,19,20)(H2,17,18,21). The van der Waals surface area contributed by atoms with Crippen molar-refractivity contribution in [3.63, 3.8) is 0 Å². The van der Waals surface area contributed by atoms with Crippen molar-refractivity contribution < 1.29 is 24.2 Å². The number of carbonyl (C=O) groups is 2. The molecule has 0 aromatic heterocycles. The van der Waals surface area contributed by atoms with Crippen molar-refractivity contribution in [3.05, 3.63) is 18.2 Å². The molecule has 3 N–H and O–H groups in total. The maximum atomic E-state index is 12.1. The molecule has 7 heteroatoms. The van der Waals surface area contributed by atoms with Gasteiger partial charge in [-0.25, -0.2) is 4.79 Å². The predicted molar refractivity (Wildman–Crippen MR) is 85.1 cm³/mol. The molecule has 0 spiro atoms. The fourth-order valence-electron chi connectivity index (χ4n) is 2.72. The molecule has 0 unspecified atom stereocenters. The molecular formula is C16H22N2O5. The molecule has 2 rings (SSSR count). The van der Waals surface area contributed by atoms with E-state index in [-0.39, 0.29) is 18.0 Å². The summed E-state index contributed by atoms with van der Waals surface area (Å²) in [5.74, 6) is 0.123. The molecule has 1 aliphatic rings. The molecule has 7 nitrogen and oxygen atoms in total. The molecule has 2 amide bonds. The van der Waals surface area contributed by atoms with Crippen molar-refractivity contribution in [2.45, 2.75) is 31.7 Å². The first-order chi connectivity index (χ1) is 11.0. The molecule has 0 radical (unpaired) electrons. The van der Waals surface area contributed by atoms with Gasteiger partial charge in [-0.15, -0.1) is 0 Å². The smallest absolute Gasteiger partial charge is 0.319 e. The van der Waals surface area contributed by atoms with Crippen LogP contribution in [0.5, 0.6) is 11.5 Å². The van der Waals surface area contributed by atoms with Gasteiger partial charge in [0.1, 0.15) is 11.5 Å². The highest BCUT2D eigenvalue weighted by Gasteiger charge is 2.26. The Morgan fingerprint density at radius 3 is 2.09 bits per heavy atom. The Bertz CT molecular complexity index is 545. The fraction of sp³-hybridized carbons (Fsp3) is 0.500. The molecule has 1 aromatic carbocycles. The van der Waals surface area contributed by atoms with E-state index in [4.69, 9.17) is 14.6 Å². The Kier molecular flexibility index (Phi) is 5.67. The van der Waals surface area contributed by atoms with Gasteiger partial charge < -0.3 is 25.2 Å². The van der Waals surface area contributed by atoms with Crippen LogP contribution >= 0.6 is 0 Å². The molecular weight excluding hydrogens is 300 g/mol. The highest BCUT2D eigenvalue weighted by Crippen LogP contribution is 2.26. The van der Waals surface area contributed by atoms with E-state index in [9.17, 15) is 9.59 Å². The number of anilines is 1. The predicted octanol–water partition coefficient (Wildman–Crippen LogP) is 2.47. The van der Waals surface area contributed by atoms with Gasteiger partial charge in [-0.1, -0.05) is 0 Å². The van der Waals surface area contributed by atoms with Gasteiger partial charge in [0.2, 0.25) is 0 Å². The van der Waals surface area contributed by atoms with Crippen LogP contribution in [0.2, 0.25) is 0 Å². The lowest BCUT2D eigenvalue weighted by Crippen LogP contribution is -2.40. The third kappa shape index (κ3) is 4.77. The Morgan fingerprint density at radius 2 is 1.61 bits per heavy atom. The molecule has 126 valence electrons. The van der Waals surface area contributed by atoms with Gasteiger partial charge in [-0.3, -0.25) is 4.79 Å². The van der Waals surface area contributed by atoms with Crippen molar-refractivity contribution >= 4 is 17.7 Å². The third-order valence-electron chi connectivity index (χ3n) is 4.02. The average Bonchev–Trinajstić information content (AvgIpc) is 2.54. The number of hydrogen-bond acceptors (Lipinski definition) is 4. The van der Waals surface area contributed by atoms with E-state index in [0.717, 1.165) is 0 Å². The number of urea groups is 1. The van der Waals surface area contributed by atoms with Crippen molar-refractivity contribution in [2.24, 2.45) is 5.92 Å². The summed E-state index contributed by atoms with van der Waals surface area (Å²) in [7, 11) is 3.08. The SMILES string of the molecule is COc1cc(NC(=O)NC2CCC(C(=O)O)CC2)cc(OC)c1. The number of hydrogen-bond donors (Lipinski definition) is 3. The molecule has 1 aliphatic carbocycles. The van der Waals surface area contributed by atoms with E-state index < -0.39 is 5.97 Å². The van der Waals surface area contributed by atoms with E-state index in [1.54, 1.807) is 32.4 Å². The van der Waals surface area contributed by atoms with Gasteiger partial charge in [-0.05, 0) is 25.7 Å². The first kappa shape index (κ1) is 16.9. The van der Waals surface area contributed by atoms with Gasteiger partial charge in [0.15, 0.2) is 0 Å². The van der Waals surface area contributed by atoms with E-state index >= 15 is 0 Å². The van der Waals surface area contributed by atoms with Gasteiger partial charge in [0, 0.05) is 29.9 Å². The number of aliphatic carboxylic acids is 1. The van der Waals surface area contributed by atoms with Crippen molar-refractivity contribution in [2.75, 3.05) is 19.5 Å². The average molecular weight is 322 g/mol. The van der Waals surface area contributed by atoms with Gasteiger partial charge in [-0.2, -0.15) is 0 Å². The molecule has 1 fully saturated rings. The number of ether oxygens (including phenoxy) is 2. The Balaban J connectivity index is 1.89. The van der Waals surface area contributed by atoms with E-state index in [0.29, 0.717) is 42.9 Å². The van der Waals surface area contributed by atoms with Crippen LogP contribution in [0.1, 0.15) is 25.7 Å². The maximum Gasteiger partial charge on any atom is 0.319 e. The van der Waals surface area contributed by atoms with Gasteiger partial charge in [0.25, 0.3) is 0 Å². The zero-order valence-corrected chi connectivity index (χ0v) is 13.3. The lowest BCUT2D eigenvalue weighted by molar-refractivity contribution is -0.142. The molecule has 0 aliphatic heterocycles. The lowest BCUT2D eigenvalue weighted by atomic mass is 9.86. The first-order valence-electron chi connectivity index (χ1n) is 7.55. The van der Waals surface area contributed by atoms with Crippen LogP contribution < -0.4 is 20.1 Å². The van der Waals surface area contributed by atoms with E-state index in [2.05, 4.69) is 10.6 Å². The normalized spacial score (nSPS) is 20.4. The van der Waals surface area contributed by atoms with E-state index in [1.165, 1.54) is 0 Å². The monoisotopic (exact) mass is 322 g/mol. The van der Waals surface area contributed by atoms with E-state index in [1.807, 2.05) is 0 Å². The molecule has 1 saturated carbocycles. The second kappa shape index (κ2) is 7.71. The number of carboxylic acids is 1. The molecule has 1 aromatic rings. The second-order valence-corrected chi connectivity index (χ2v) is 5.59. The Labute approximate surface area is 135 Å². The van der Waals surface area contributed by atoms with Crippen LogP contribution in [0.4, 0.5) is 10.5 Å². The summed E-state index contributed by atoms with van der Waals surface area (Å²) in [6.07, 6.45) is 2.53. The van der Waals surface area contributed by atoms with Crippen LogP contribution in [-0.2, 0) is 4.79 Å². The summed E-state index contributed by atoms with van der Waals surface area (Å²) in [6.45, 7) is 0. The molecule has 0 saturated heterocycles. The molecule has 23 heavy (non-hydrogen) atoms. The molecule has 0 atom stereocenters. The number of benzene rings is 1. The summed E-state index contributed by atoms with van der Waals surface area (Å²) in [6, 6.07) is 4.79. The third-order valence-corrected chi connectivity index (χ3v) is 4.02. The quantitative estimate of drug-likeness (QED) is 0.774. The van der Waals surface area contributed by atoms with Crippen molar-refractivity contribution in [1.82, 2.24) is 5.32 Å². The zero-order valence-electron chi connectivity index (χ0n) is 13.3. The molecule has 0 bridgehead atoms. The Hall–Kier alpha value is -2.44. The largest absolute Gasteiger partial charge is 0.497 e. The number of carboxylic acid groups (broad SMARTS) is 1. The highest BCUT2D eigenvalue weighted by molar-refractivity contribution is 5.90. The minimum absolute atomic E-state index is 0.00176. The first-order valence-corrected chi connectivity index (χ1v) is 7.55. The summed E-state index contributed by atoms with van der Waals surface area (Å²) >= 11 is 0. The topological polar surface area (TPSA) is 96.9 Å². The van der Waals surface area contributed by atoms with Crippen LogP contribution in [0.3, 0.4) is 0 Å². The number of rotatable bonds is 5. The van der Waals surface area contributed by atoms with Crippen LogP contribution in [0.25, 0.3) is 0 Å². The van der Waals surface area contributed by atoms with Crippen LogP contribution in [0, 0.1) is 5.92 Å². The fourth-order valence-corrected chi connectivity index (χ4v) is 2.72. The highest BCUT2D eigenvalue weighted by atomic mass is 16.5.